The number of rotatable bonds is 6. The highest BCUT2D eigenvalue weighted by molar-refractivity contribution is 7.95. The molecule has 0 saturated carbocycles. The van der Waals surface area contributed by atoms with Crippen molar-refractivity contribution in [3.8, 4) is 0 Å². The number of nitrogens with zero attached hydrogens (tertiary/aromatic N) is 2. The third-order valence-electron chi connectivity index (χ3n) is 4.70. The Bertz CT molecular complexity index is 809. The third kappa shape index (κ3) is 3.98. The molecule has 0 unspecified atom stereocenters. The molecule has 0 atom stereocenters. The van der Waals surface area contributed by atoms with Crippen LogP contribution in [0.15, 0.2) is 59.0 Å². The Morgan fingerprint density at radius 1 is 1.04 bits per heavy atom. The SMILES string of the molecule is COSNc1ccc(N2CCN(Cc3cc4ccccc4o3)CC2)cc1. The van der Waals surface area contributed by atoms with Crippen molar-refractivity contribution in [3.63, 3.8) is 0 Å². The van der Waals surface area contributed by atoms with Crippen molar-refractivity contribution in [1.82, 2.24) is 4.90 Å². The minimum Gasteiger partial charge on any atom is -0.460 e. The second-order valence-electron chi connectivity index (χ2n) is 6.41. The maximum atomic E-state index is 5.95. The molecule has 1 aromatic heterocycles. The van der Waals surface area contributed by atoms with Gasteiger partial charge in [-0.25, -0.2) is 0 Å². The lowest BCUT2D eigenvalue weighted by Gasteiger charge is -2.35. The summed E-state index contributed by atoms with van der Waals surface area (Å²) in [6, 6.07) is 18.8. The second kappa shape index (κ2) is 8.03. The standard InChI is InChI=1S/C20H23N3O2S/c1-24-26-21-17-6-8-18(9-7-17)23-12-10-22(11-13-23)15-19-14-16-4-2-3-5-20(16)25-19/h2-9,14,21H,10-13,15H2,1H3. The number of fused-ring (bicyclic) bond motifs is 1. The Kier molecular flexibility index (Phi) is 5.34. The van der Waals surface area contributed by atoms with E-state index in [4.69, 9.17) is 8.60 Å². The molecule has 1 aliphatic rings. The average molecular weight is 369 g/mol. The van der Waals surface area contributed by atoms with Gasteiger partial charge in [-0.1, -0.05) is 18.2 Å². The molecular formula is C20H23N3O2S. The largest absolute Gasteiger partial charge is 0.460 e. The van der Waals surface area contributed by atoms with Crippen molar-refractivity contribution in [2.45, 2.75) is 6.54 Å². The molecule has 1 N–H and O–H groups in total. The zero-order valence-electron chi connectivity index (χ0n) is 14.9. The van der Waals surface area contributed by atoms with Gasteiger partial charge in [0, 0.05) is 42.9 Å². The fourth-order valence-corrected chi connectivity index (χ4v) is 3.65. The zero-order valence-corrected chi connectivity index (χ0v) is 15.7. The highest BCUT2D eigenvalue weighted by Gasteiger charge is 2.18. The summed E-state index contributed by atoms with van der Waals surface area (Å²) in [7, 11) is 1.65. The molecule has 26 heavy (non-hydrogen) atoms. The van der Waals surface area contributed by atoms with Crippen molar-refractivity contribution >= 4 is 34.6 Å². The zero-order chi connectivity index (χ0) is 17.8. The lowest BCUT2D eigenvalue weighted by atomic mass is 10.2. The van der Waals surface area contributed by atoms with E-state index in [0.717, 1.165) is 49.8 Å². The van der Waals surface area contributed by atoms with Crippen LogP contribution in [0.4, 0.5) is 11.4 Å². The van der Waals surface area contributed by atoms with Crippen molar-refractivity contribution in [3.05, 3.63) is 60.4 Å². The average Bonchev–Trinajstić information content (AvgIpc) is 3.10. The summed E-state index contributed by atoms with van der Waals surface area (Å²) in [6.07, 6.45) is 0. The molecule has 2 aromatic carbocycles. The van der Waals surface area contributed by atoms with Crippen LogP contribution in [0.2, 0.25) is 0 Å². The molecule has 4 rings (SSSR count). The van der Waals surface area contributed by atoms with E-state index in [1.54, 1.807) is 7.11 Å². The van der Waals surface area contributed by atoms with Crippen LogP contribution in [0.5, 0.6) is 0 Å². The maximum absolute atomic E-state index is 5.95. The Morgan fingerprint density at radius 3 is 2.54 bits per heavy atom. The number of anilines is 2. The van der Waals surface area contributed by atoms with Crippen molar-refractivity contribution in [2.24, 2.45) is 0 Å². The molecule has 3 aromatic rings. The topological polar surface area (TPSA) is 40.9 Å². The summed E-state index contributed by atoms with van der Waals surface area (Å²) >= 11 is 1.23. The Hall–Kier alpha value is -2.15. The molecule has 136 valence electrons. The number of benzene rings is 2. The summed E-state index contributed by atoms with van der Waals surface area (Å²) in [6.45, 7) is 5.01. The van der Waals surface area contributed by atoms with E-state index in [2.05, 4.69) is 57.0 Å². The molecule has 0 amide bonds. The number of hydrogen-bond acceptors (Lipinski definition) is 6. The first-order chi connectivity index (χ1) is 12.8. The molecule has 0 bridgehead atoms. The number of piperazine rings is 1. The summed E-state index contributed by atoms with van der Waals surface area (Å²) in [5.41, 5.74) is 3.28. The van der Waals surface area contributed by atoms with Gasteiger partial charge in [0.05, 0.1) is 13.7 Å². The number of nitrogens with one attached hydrogen (secondary N) is 1. The smallest absolute Gasteiger partial charge is 0.134 e. The lowest BCUT2D eigenvalue weighted by molar-refractivity contribution is 0.233. The van der Waals surface area contributed by atoms with Crippen LogP contribution in [0.3, 0.4) is 0 Å². The van der Waals surface area contributed by atoms with E-state index < -0.39 is 0 Å². The van der Waals surface area contributed by atoms with Crippen LogP contribution in [-0.4, -0.2) is 38.2 Å². The van der Waals surface area contributed by atoms with Crippen LogP contribution in [-0.2, 0) is 10.7 Å². The quantitative estimate of drug-likeness (QED) is 0.514. The lowest BCUT2D eigenvalue weighted by Crippen LogP contribution is -2.45. The Morgan fingerprint density at radius 2 is 1.81 bits per heavy atom. The van der Waals surface area contributed by atoms with Gasteiger partial charge in [-0.05, 0) is 36.4 Å². The van der Waals surface area contributed by atoms with E-state index >= 15 is 0 Å². The molecule has 1 saturated heterocycles. The fraction of sp³-hybridized carbons (Fsp3) is 0.300. The molecule has 0 spiro atoms. The van der Waals surface area contributed by atoms with Crippen LogP contribution < -0.4 is 9.62 Å². The van der Waals surface area contributed by atoms with Crippen molar-refractivity contribution in [2.75, 3.05) is 42.9 Å². The maximum Gasteiger partial charge on any atom is 0.134 e. The monoisotopic (exact) mass is 369 g/mol. The first-order valence-corrected chi connectivity index (χ1v) is 9.56. The van der Waals surface area contributed by atoms with Gasteiger partial charge < -0.3 is 18.2 Å². The number of hydrogen-bond donors (Lipinski definition) is 1. The molecule has 0 radical (unpaired) electrons. The molecular weight excluding hydrogens is 346 g/mol. The summed E-state index contributed by atoms with van der Waals surface area (Å²) < 4.78 is 14.0. The van der Waals surface area contributed by atoms with Crippen LogP contribution in [0, 0.1) is 0 Å². The highest BCUT2D eigenvalue weighted by atomic mass is 32.2. The van der Waals surface area contributed by atoms with Gasteiger partial charge in [-0.3, -0.25) is 4.90 Å². The Labute approximate surface area is 158 Å². The molecule has 1 aliphatic heterocycles. The van der Waals surface area contributed by atoms with Crippen LogP contribution >= 0.6 is 12.2 Å². The first-order valence-electron chi connectivity index (χ1n) is 8.82. The van der Waals surface area contributed by atoms with Gasteiger partial charge in [0.2, 0.25) is 0 Å². The van der Waals surface area contributed by atoms with E-state index in [-0.39, 0.29) is 0 Å². The van der Waals surface area contributed by atoms with E-state index in [0.29, 0.717) is 0 Å². The van der Waals surface area contributed by atoms with Gasteiger partial charge in [0.25, 0.3) is 0 Å². The molecule has 1 fully saturated rings. The molecule has 2 heterocycles. The molecule has 0 aliphatic carbocycles. The van der Waals surface area contributed by atoms with Gasteiger partial charge in [0.1, 0.15) is 23.6 Å². The second-order valence-corrected chi connectivity index (χ2v) is 7.12. The normalized spacial score (nSPS) is 15.5. The van der Waals surface area contributed by atoms with E-state index in [1.807, 2.05) is 12.1 Å². The first kappa shape index (κ1) is 17.3. The predicted octanol–water partition coefficient (Wildman–Crippen LogP) is 4.38. The van der Waals surface area contributed by atoms with Crippen molar-refractivity contribution in [1.29, 1.82) is 0 Å². The van der Waals surface area contributed by atoms with Gasteiger partial charge in [0.15, 0.2) is 0 Å². The summed E-state index contributed by atoms with van der Waals surface area (Å²) in [5.74, 6) is 1.05. The number of furan rings is 1. The molecule has 5 nitrogen and oxygen atoms in total. The van der Waals surface area contributed by atoms with Crippen LogP contribution in [0.25, 0.3) is 11.0 Å². The minimum absolute atomic E-state index is 0.875. The van der Waals surface area contributed by atoms with Gasteiger partial charge in [-0.2, -0.15) is 0 Å². The van der Waals surface area contributed by atoms with Gasteiger partial charge in [-0.15, -0.1) is 0 Å². The predicted molar refractivity (Wildman–Crippen MR) is 108 cm³/mol. The highest BCUT2D eigenvalue weighted by Crippen LogP contribution is 2.23. The minimum atomic E-state index is 0.875. The fourth-order valence-electron chi connectivity index (χ4n) is 3.33. The van der Waals surface area contributed by atoms with Crippen LogP contribution in [0.1, 0.15) is 5.76 Å². The summed E-state index contributed by atoms with van der Waals surface area (Å²) in [5, 5.41) is 1.18. The van der Waals surface area contributed by atoms with E-state index in [9.17, 15) is 0 Å². The third-order valence-corrected chi connectivity index (χ3v) is 5.19. The Balaban J connectivity index is 1.32. The van der Waals surface area contributed by atoms with E-state index in [1.165, 1.54) is 23.3 Å². The van der Waals surface area contributed by atoms with Crippen molar-refractivity contribution < 1.29 is 8.60 Å². The van der Waals surface area contributed by atoms with Gasteiger partial charge >= 0.3 is 0 Å². The number of para-hydroxylation sites is 1. The summed E-state index contributed by atoms with van der Waals surface area (Å²) in [4.78, 5) is 4.89. The molecule has 6 heteroatoms.